The predicted octanol–water partition coefficient (Wildman–Crippen LogP) is 2.00. The molecule has 1 aromatic carbocycles. The van der Waals surface area contributed by atoms with Crippen molar-refractivity contribution in [1.29, 1.82) is 0 Å². The van der Waals surface area contributed by atoms with E-state index in [2.05, 4.69) is 10.6 Å². The molecule has 0 aliphatic carbocycles. The standard InChI is InChI=1S/C12H18N2O/c1-9(2)12(15)14-11-7-5-4-6-10(11)8-13-3/h4-7,9,13H,8H2,1-3H3,(H,14,15). The van der Waals surface area contributed by atoms with Crippen molar-refractivity contribution in [2.75, 3.05) is 12.4 Å². The van der Waals surface area contributed by atoms with E-state index in [1.165, 1.54) is 0 Å². The Morgan fingerprint density at radius 1 is 1.33 bits per heavy atom. The Bertz CT molecular complexity index is 334. The minimum atomic E-state index is 0.00708. The third-order valence-corrected chi connectivity index (χ3v) is 2.17. The first-order valence-corrected chi connectivity index (χ1v) is 5.18. The van der Waals surface area contributed by atoms with Crippen LogP contribution in [0.15, 0.2) is 24.3 Å². The van der Waals surface area contributed by atoms with Crippen LogP contribution in [0, 0.1) is 5.92 Å². The average molecular weight is 206 g/mol. The monoisotopic (exact) mass is 206 g/mol. The Balaban J connectivity index is 2.79. The van der Waals surface area contributed by atoms with E-state index in [4.69, 9.17) is 0 Å². The highest BCUT2D eigenvalue weighted by molar-refractivity contribution is 5.92. The van der Waals surface area contributed by atoms with E-state index in [1.807, 2.05) is 45.2 Å². The Kier molecular flexibility index (Phi) is 4.31. The molecule has 15 heavy (non-hydrogen) atoms. The van der Waals surface area contributed by atoms with Crippen LogP contribution in [-0.2, 0) is 11.3 Å². The van der Waals surface area contributed by atoms with Crippen molar-refractivity contribution >= 4 is 11.6 Å². The summed E-state index contributed by atoms with van der Waals surface area (Å²) < 4.78 is 0. The third-order valence-electron chi connectivity index (χ3n) is 2.17. The normalized spacial score (nSPS) is 10.4. The summed E-state index contributed by atoms with van der Waals surface area (Å²) in [4.78, 5) is 11.5. The molecule has 1 rings (SSSR count). The van der Waals surface area contributed by atoms with Gasteiger partial charge in [0, 0.05) is 18.2 Å². The molecule has 1 aromatic rings. The highest BCUT2D eigenvalue weighted by Gasteiger charge is 2.08. The highest BCUT2D eigenvalue weighted by Crippen LogP contribution is 2.15. The van der Waals surface area contributed by atoms with Crippen LogP contribution in [0.1, 0.15) is 19.4 Å². The van der Waals surface area contributed by atoms with Crippen molar-refractivity contribution in [2.45, 2.75) is 20.4 Å². The molecule has 0 heterocycles. The molecule has 0 saturated heterocycles. The molecule has 0 aromatic heterocycles. The van der Waals surface area contributed by atoms with Crippen LogP contribution in [0.25, 0.3) is 0 Å². The highest BCUT2D eigenvalue weighted by atomic mass is 16.1. The Labute approximate surface area is 90.9 Å². The molecule has 0 spiro atoms. The van der Waals surface area contributed by atoms with Crippen molar-refractivity contribution in [3.8, 4) is 0 Å². The van der Waals surface area contributed by atoms with Crippen LogP contribution in [0.2, 0.25) is 0 Å². The summed E-state index contributed by atoms with van der Waals surface area (Å²) in [7, 11) is 1.89. The van der Waals surface area contributed by atoms with Crippen LogP contribution in [0.4, 0.5) is 5.69 Å². The van der Waals surface area contributed by atoms with Crippen molar-refractivity contribution in [1.82, 2.24) is 5.32 Å². The molecule has 2 N–H and O–H groups in total. The molecule has 1 amide bonds. The van der Waals surface area contributed by atoms with Crippen molar-refractivity contribution in [3.05, 3.63) is 29.8 Å². The maximum Gasteiger partial charge on any atom is 0.226 e. The summed E-state index contributed by atoms with van der Waals surface area (Å²) in [5.74, 6) is 0.0613. The largest absolute Gasteiger partial charge is 0.326 e. The summed E-state index contributed by atoms with van der Waals surface area (Å²) in [6, 6.07) is 7.83. The molecule has 0 atom stereocenters. The van der Waals surface area contributed by atoms with E-state index < -0.39 is 0 Å². The first-order chi connectivity index (χ1) is 7.15. The Morgan fingerprint density at radius 2 is 2.00 bits per heavy atom. The number of benzene rings is 1. The van der Waals surface area contributed by atoms with Gasteiger partial charge < -0.3 is 10.6 Å². The van der Waals surface area contributed by atoms with E-state index >= 15 is 0 Å². The van der Waals surface area contributed by atoms with Gasteiger partial charge in [0.2, 0.25) is 5.91 Å². The van der Waals surface area contributed by atoms with E-state index in [0.717, 1.165) is 17.8 Å². The molecule has 0 unspecified atom stereocenters. The molecule has 0 aliphatic heterocycles. The lowest BCUT2D eigenvalue weighted by molar-refractivity contribution is -0.118. The second kappa shape index (κ2) is 5.51. The third kappa shape index (κ3) is 3.36. The number of hydrogen-bond donors (Lipinski definition) is 2. The van der Waals surface area contributed by atoms with E-state index in [0.29, 0.717) is 0 Å². The molecule has 0 fully saturated rings. The minimum Gasteiger partial charge on any atom is -0.326 e. The van der Waals surface area contributed by atoms with Crippen LogP contribution in [0.5, 0.6) is 0 Å². The first kappa shape index (κ1) is 11.7. The quantitative estimate of drug-likeness (QED) is 0.791. The molecule has 3 nitrogen and oxygen atoms in total. The topological polar surface area (TPSA) is 41.1 Å². The Hall–Kier alpha value is -1.35. The minimum absolute atomic E-state index is 0.00708. The molecule has 3 heteroatoms. The van der Waals surface area contributed by atoms with Gasteiger partial charge in [-0.25, -0.2) is 0 Å². The number of amides is 1. The summed E-state index contributed by atoms with van der Waals surface area (Å²) in [6.45, 7) is 4.53. The number of hydrogen-bond acceptors (Lipinski definition) is 2. The lowest BCUT2D eigenvalue weighted by Crippen LogP contribution is -2.19. The second-order valence-corrected chi connectivity index (χ2v) is 3.83. The number of anilines is 1. The van der Waals surface area contributed by atoms with Crippen molar-refractivity contribution in [2.24, 2.45) is 5.92 Å². The van der Waals surface area contributed by atoms with Crippen molar-refractivity contribution in [3.63, 3.8) is 0 Å². The van der Waals surface area contributed by atoms with Gasteiger partial charge in [-0.05, 0) is 18.7 Å². The lowest BCUT2D eigenvalue weighted by atomic mass is 10.1. The molecule has 0 aliphatic rings. The molecular formula is C12H18N2O. The zero-order chi connectivity index (χ0) is 11.3. The predicted molar refractivity (Wildman–Crippen MR) is 62.7 cm³/mol. The number of nitrogens with one attached hydrogen (secondary N) is 2. The van der Waals surface area contributed by atoms with E-state index in [1.54, 1.807) is 0 Å². The number of carbonyl (C=O) groups is 1. The maximum atomic E-state index is 11.5. The Morgan fingerprint density at radius 3 is 2.60 bits per heavy atom. The fraction of sp³-hybridized carbons (Fsp3) is 0.417. The molecular weight excluding hydrogens is 188 g/mol. The smallest absolute Gasteiger partial charge is 0.226 e. The zero-order valence-electron chi connectivity index (χ0n) is 9.50. The first-order valence-electron chi connectivity index (χ1n) is 5.18. The number of carbonyl (C=O) groups excluding carboxylic acids is 1. The summed E-state index contributed by atoms with van der Waals surface area (Å²) in [6.07, 6.45) is 0. The van der Waals surface area contributed by atoms with Gasteiger partial charge in [-0.2, -0.15) is 0 Å². The summed E-state index contributed by atoms with van der Waals surface area (Å²) >= 11 is 0. The second-order valence-electron chi connectivity index (χ2n) is 3.83. The average Bonchev–Trinajstić information content (AvgIpc) is 2.21. The molecule has 0 saturated carbocycles. The van der Waals surface area contributed by atoms with Gasteiger partial charge in [0.05, 0.1) is 0 Å². The van der Waals surface area contributed by atoms with Gasteiger partial charge in [0.1, 0.15) is 0 Å². The van der Waals surface area contributed by atoms with Crippen LogP contribution >= 0.6 is 0 Å². The maximum absolute atomic E-state index is 11.5. The molecule has 82 valence electrons. The van der Waals surface area contributed by atoms with Crippen molar-refractivity contribution < 1.29 is 4.79 Å². The van der Waals surface area contributed by atoms with Gasteiger partial charge in [-0.15, -0.1) is 0 Å². The fourth-order valence-electron chi connectivity index (χ4n) is 1.26. The lowest BCUT2D eigenvalue weighted by Gasteiger charge is -2.12. The van der Waals surface area contributed by atoms with E-state index in [9.17, 15) is 4.79 Å². The molecule has 0 bridgehead atoms. The number of rotatable bonds is 4. The van der Waals surface area contributed by atoms with Gasteiger partial charge >= 0.3 is 0 Å². The van der Waals surface area contributed by atoms with Gasteiger partial charge in [0.25, 0.3) is 0 Å². The number of para-hydroxylation sites is 1. The SMILES string of the molecule is CNCc1ccccc1NC(=O)C(C)C. The zero-order valence-corrected chi connectivity index (χ0v) is 9.50. The fourth-order valence-corrected chi connectivity index (χ4v) is 1.26. The summed E-state index contributed by atoms with van der Waals surface area (Å²) in [5, 5.41) is 5.99. The van der Waals surface area contributed by atoms with Gasteiger partial charge in [-0.3, -0.25) is 4.79 Å². The van der Waals surface area contributed by atoms with Gasteiger partial charge in [-0.1, -0.05) is 32.0 Å². The van der Waals surface area contributed by atoms with Crippen LogP contribution in [-0.4, -0.2) is 13.0 Å². The van der Waals surface area contributed by atoms with Gasteiger partial charge in [0.15, 0.2) is 0 Å². The van der Waals surface area contributed by atoms with E-state index in [-0.39, 0.29) is 11.8 Å². The molecule has 0 radical (unpaired) electrons. The van der Waals surface area contributed by atoms with Crippen LogP contribution < -0.4 is 10.6 Å². The summed E-state index contributed by atoms with van der Waals surface area (Å²) in [5.41, 5.74) is 2.00. The van der Waals surface area contributed by atoms with Crippen LogP contribution in [0.3, 0.4) is 0 Å².